The van der Waals surface area contributed by atoms with E-state index in [1.807, 2.05) is 42.5 Å². The van der Waals surface area contributed by atoms with Crippen molar-refractivity contribution in [1.29, 1.82) is 0 Å². The summed E-state index contributed by atoms with van der Waals surface area (Å²) < 4.78 is 13.8. The molecule has 0 nitrogen and oxygen atoms in total. The van der Waals surface area contributed by atoms with Crippen LogP contribution in [-0.4, -0.2) is 0 Å². The van der Waals surface area contributed by atoms with Crippen molar-refractivity contribution in [1.82, 2.24) is 0 Å². The van der Waals surface area contributed by atoms with Gasteiger partial charge in [0.2, 0.25) is 0 Å². The van der Waals surface area contributed by atoms with Gasteiger partial charge in [-0.3, -0.25) is 0 Å². The van der Waals surface area contributed by atoms with E-state index in [0.29, 0.717) is 5.39 Å². The Kier molecular flexibility index (Phi) is 1.55. The highest BCUT2D eigenvalue weighted by Gasteiger charge is 2.09. The molecule has 0 unspecified atom stereocenters. The van der Waals surface area contributed by atoms with Crippen molar-refractivity contribution in [2.24, 2.45) is 0 Å². The van der Waals surface area contributed by atoms with Gasteiger partial charge in [-0.05, 0) is 33.7 Å². The molecule has 0 aromatic heterocycles. The van der Waals surface area contributed by atoms with Crippen molar-refractivity contribution in [2.45, 2.75) is 0 Å². The van der Waals surface area contributed by atoms with Gasteiger partial charge in [-0.15, -0.1) is 0 Å². The van der Waals surface area contributed by atoms with Crippen molar-refractivity contribution in [3.63, 3.8) is 0 Å². The van der Waals surface area contributed by atoms with Gasteiger partial charge in [-0.2, -0.15) is 0 Å². The first-order valence-electron chi connectivity index (χ1n) is 5.58. The summed E-state index contributed by atoms with van der Waals surface area (Å²) in [6.07, 6.45) is 0. The molecule has 0 saturated heterocycles. The van der Waals surface area contributed by atoms with Crippen LogP contribution in [0.3, 0.4) is 0 Å². The van der Waals surface area contributed by atoms with Gasteiger partial charge in [-0.1, -0.05) is 42.5 Å². The highest BCUT2D eigenvalue weighted by Crippen LogP contribution is 2.34. The average molecular weight is 219 g/mol. The molecule has 4 aromatic carbocycles. The lowest BCUT2D eigenvalue weighted by molar-refractivity contribution is 0.640. The lowest BCUT2D eigenvalue weighted by Gasteiger charge is -2.10. The molecule has 0 N–H and O–H groups in total. The van der Waals surface area contributed by atoms with Crippen LogP contribution >= 0.6 is 0 Å². The van der Waals surface area contributed by atoms with Crippen LogP contribution in [0.5, 0.6) is 0 Å². The summed E-state index contributed by atoms with van der Waals surface area (Å²) in [5.74, 6) is -0.157. The molecule has 1 radical (unpaired) electrons. The van der Waals surface area contributed by atoms with Crippen LogP contribution in [-0.2, 0) is 0 Å². The number of hydrogen-bond acceptors (Lipinski definition) is 0. The second-order valence-electron chi connectivity index (χ2n) is 4.31. The third kappa shape index (κ3) is 1.06. The van der Waals surface area contributed by atoms with Crippen LogP contribution in [0.1, 0.15) is 0 Å². The first-order chi connectivity index (χ1) is 8.34. The summed E-state index contributed by atoms with van der Waals surface area (Å²) in [5, 5.41) is 6.09. The van der Waals surface area contributed by atoms with Gasteiger partial charge in [0.05, 0.1) is 0 Å². The smallest absolute Gasteiger partial charge is 0.131 e. The Hall–Kier alpha value is -2.15. The lowest BCUT2D eigenvalue weighted by Crippen LogP contribution is -1.86. The molecule has 17 heavy (non-hydrogen) atoms. The molecule has 4 aromatic rings. The fraction of sp³-hybridized carbons (Fsp3) is 0. The van der Waals surface area contributed by atoms with Crippen LogP contribution in [0.4, 0.5) is 4.39 Å². The zero-order valence-electron chi connectivity index (χ0n) is 9.00. The second-order valence-corrected chi connectivity index (χ2v) is 4.31. The maximum Gasteiger partial charge on any atom is 0.131 e. The van der Waals surface area contributed by atoms with Gasteiger partial charge < -0.3 is 0 Å². The van der Waals surface area contributed by atoms with Crippen molar-refractivity contribution in [3.05, 3.63) is 60.4 Å². The standard InChI is InChI=1S/C16H8F/c17-14-9-7-12-5-4-10-2-1-3-11-6-8-13(14)16(12)15(10)11/h1,3-9H. The number of benzene rings is 4. The van der Waals surface area contributed by atoms with E-state index in [0.717, 1.165) is 26.9 Å². The summed E-state index contributed by atoms with van der Waals surface area (Å²) in [6.45, 7) is 0. The third-order valence-corrected chi connectivity index (χ3v) is 3.39. The maximum absolute atomic E-state index is 13.8. The summed E-state index contributed by atoms with van der Waals surface area (Å²) >= 11 is 0. The fourth-order valence-corrected chi connectivity index (χ4v) is 2.62. The zero-order chi connectivity index (χ0) is 11.4. The molecule has 0 saturated carbocycles. The SMILES string of the molecule is Fc1ccc2ccc3[c]ccc4ccc1c2c34. The lowest BCUT2D eigenvalue weighted by atomic mass is 9.94. The van der Waals surface area contributed by atoms with Gasteiger partial charge in [0, 0.05) is 10.8 Å². The Balaban J connectivity index is 2.48. The van der Waals surface area contributed by atoms with Crippen molar-refractivity contribution >= 4 is 32.3 Å². The van der Waals surface area contributed by atoms with Crippen molar-refractivity contribution < 1.29 is 4.39 Å². The molecule has 0 spiro atoms. The second kappa shape index (κ2) is 2.95. The molecule has 79 valence electrons. The molecule has 1 heteroatoms. The maximum atomic E-state index is 13.8. The van der Waals surface area contributed by atoms with Crippen LogP contribution < -0.4 is 0 Å². The Morgan fingerprint density at radius 2 is 1.53 bits per heavy atom. The van der Waals surface area contributed by atoms with E-state index >= 15 is 0 Å². The van der Waals surface area contributed by atoms with Gasteiger partial charge in [0.1, 0.15) is 5.82 Å². The van der Waals surface area contributed by atoms with Gasteiger partial charge in [-0.25, -0.2) is 4.39 Å². The van der Waals surface area contributed by atoms with Gasteiger partial charge in [0.15, 0.2) is 0 Å². The molecule has 0 aliphatic heterocycles. The first kappa shape index (κ1) is 8.94. The molecule has 0 atom stereocenters. The van der Waals surface area contributed by atoms with E-state index in [1.165, 1.54) is 6.07 Å². The fourth-order valence-electron chi connectivity index (χ4n) is 2.62. The molecule has 0 heterocycles. The van der Waals surface area contributed by atoms with E-state index in [9.17, 15) is 4.39 Å². The third-order valence-electron chi connectivity index (χ3n) is 3.39. The summed E-state index contributed by atoms with van der Waals surface area (Å²) in [4.78, 5) is 0. The minimum Gasteiger partial charge on any atom is -0.206 e. The molecular weight excluding hydrogens is 211 g/mol. The van der Waals surface area contributed by atoms with Crippen LogP contribution in [0.2, 0.25) is 0 Å². The van der Waals surface area contributed by atoms with E-state index in [4.69, 9.17) is 0 Å². The number of hydrogen-bond donors (Lipinski definition) is 0. The zero-order valence-corrected chi connectivity index (χ0v) is 9.00. The minimum atomic E-state index is -0.157. The molecule has 0 bridgehead atoms. The highest BCUT2D eigenvalue weighted by atomic mass is 19.1. The Morgan fingerprint density at radius 1 is 0.765 bits per heavy atom. The summed E-state index contributed by atoms with van der Waals surface area (Å²) in [7, 11) is 0. The Bertz CT molecular complexity index is 830. The molecule has 0 aliphatic carbocycles. The van der Waals surface area contributed by atoms with Gasteiger partial charge >= 0.3 is 0 Å². The molecule has 0 aliphatic rings. The molecule has 0 amide bonds. The van der Waals surface area contributed by atoms with Crippen molar-refractivity contribution in [2.75, 3.05) is 0 Å². The van der Waals surface area contributed by atoms with E-state index in [-0.39, 0.29) is 5.82 Å². The van der Waals surface area contributed by atoms with Crippen LogP contribution in [0, 0.1) is 11.9 Å². The minimum absolute atomic E-state index is 0.157. The number of halogens is 1. The topological polar surface area (TPSA) is 0 Å². The predicted molar refractivity (Wildman–Crippen MR) is 68.9 cm³/mol. The first-order valence-corrected chi connectivity index (χ1v) is 5.58. The number of rotatable bonds is 0. The molecule has 4 rings (SSSR count). The van der Waals surface area contributed by atoms with Crippen molar-refractivity contribution in [3.8, 4) is 0 Å². The largest absolute Gasteiger partial charge is 0.206 e. The molecular formula is C16H8F. The van der Waals surface area contributed by atoms with Crippen LogP contribution in [0.25, 0.3) is 32.3 Å². The predicted octanol–water partition coefficient (Wildman–Crippen LogP) is 4.52. The molecule has 0 fully saturated rings. The van der Waals surface area contributed by atoms with Gasteiger partial charge in [0.25, 0.3) is 0 Å². The monoisotopic (exact) mass is 219 g/mol. The average Bonchev–Trinajstić information content (AvgIpc) is 2.38. The van der Waals surface area contributed by atoms with E-state index in [1.54, 1.807) is 0 Å². The summed E-state index contributed by atoms with van der Waals surface area (Å²) in [5.41, 5.74) is 0. The Labute approximate surface area is 97.6 Å². The van der Waals surface area contributed by atoms with E-state index in [2.05, 4.69) is 6.07 Å². The summed E-state index contributed by atoms with van der Waals surface area (Å²) in [6, 6.07) is 18.4. The van der Waals surface area contributed by atoms with Crippen LogP contribution in [0.15, 0.2) is 48.5 Å². The quantitative estimate of drug-likeness (QED) is 0.381. The van der Waals surface area contributed by atoms with E-state index < -0.39 is 0 Å². The highest BCUT2D eigenvalue weighted by molar-refractivity contribution is 6.22. The Morgan fingerprint density at radius 3 is 2.47 bits per heavy atom. The normalized spacial score (nSPS) is 11.8.